The van der Waals surface area contributed by atoms with Crippen LogP contribution in [0.2, 0.25) is 0 Å². The van der Waals surface area contributed by atoms with Crippen LogP contribution in [-0.2, 0) is 6.54 Å². The maximum Gasteiger partial charge on any atom is 0.267 e. The van der Waals surface area contributed by atoms with E-state index < -0.39 is 0 Å². The van der Waals surface area contributed by atoms with Crippen molar-refractivity contribution in [1.82, 2.24) is 19.9 Å². The van der Waals surface area contributed by atoms with Crippen molar-refractivity contribution in [2.75, 3.05) is 0 Å². The quantitative estimate of drug-likeness (QED) is 0.722. The van der Waals surface area contributed by atoms with Crippen LogP contribution in [0.3, 0.4) is 0 Å². The van der Waals surface area contributed by atoms with E-state index in [0.29, 0.717) is 11.7 Å². The van der Waals surface area contributed by atoms with Crippen LogP contribution in [0, 0.1) is 6.92 Å². The van der Waals surface area contributed by atoms with E-state index in [-0.39, 0.29) is 12.1 Å². The molecule has 2 heterocycles. The zero-order valence-corrected chi connectivity index (χ0v) is 10.9. The Morgan fingerprint density at radius 2 is 2.05 bits per heavy atom. The molecule has 0 atom stereocenters. The summed E-state index contributed by atoms with van der Waals surface area (Å²) in [6, 6.07) is 11.0. The average Bonchev–Trinajstić information content (AvgIpc) is 2.92. The molecule has 0 saturated carbocycles. The lowest BCUT2D eigenvalue weighted by Gasteiger charge is -1.99. The Morgan fingerprint density at radius 1 is 1.25 bits per heavy atom. The number of hydrogen-bond donors (Lipinski definition) is 0. The van der Waals surface area contributed by atoms with E-state index in [1.165, 1.54) is 10.7 Å². The fourth-order valence-corrected chi connectivity index (χ4v) is 1.79. The minimum Gasteiger partial charge on any atom is -0.337 e. The summed E-state index contributed by atoms with van der Waals surface area (Å²) in [5.41, 5.74) is 1.50. The van der Waals surface area contributed by atoms with Gasteiger partial charge in [0.1, 0.15) is 6.54 Å². The van der Waals surface area contributed by atoms with Gasteiger partial charge >= 0.3 is 0 Å². The minimum absolute atomic E-state index is 0.166. The van der Waals surface area contributed by atoms with Crippen molar-refractivity contribution in [2.24, 2.45) is 0 Å². The lowest BCUT2D eigenvalue weighted by molar-refractivity contribution is 0.363. The first-order valence-electron chi connectivity index (χ1n) is 6.14. The highest BCUT2D eigenvalue weighted by Crippen LogP contribution is 2.14. The maximum atomic E-state index is 11.7. The Morgan fingerprint density at radius 3 is 2.80 bits per heavy atom. The molecule has 3 rings (SSSR count). The number of rotatable bonds is 3. The van der Waals surface area contributed by atoms with Crippen LogP contribution in [0.1, 0.15) is 11.5 Å². The van der Waals surface area contributed by atoms with Crippen molar-refractivity contribution in [3.05, 3.63) is 64.4 Å². The third-order valence-electron chi connectivity index (χ3n) is 2.79. The van der Waals surface area contributed by atoms with Crippen LogP contribution >= 0.6 is 0 Å². The smallest absolute Gasteiger partial charge is 0.267 e. The van der Waals surface area contributed by atoms with Gasteiger partial charge in [-0.2, -0.15) is 10.1 Å². The van der Waals surface area contributed by atoms with E-state index in [2.05, 4.69) is 15.2 Å². The molecule has 6 heteroatoms. The number of nitrogens with zero attached hydrogens (tertiary/aromatic N) is 4. The molecule has 100 valence electrons. The first kappa shape index (κ1) is 12.3. The summed E-state index contributed by atoms with van der Waals surface area (Å²) < 4.78 is 6.43. The van der Waals surface area contributed by atoms with Gasteiger partial charge in [0.25, 0.3) is 5.56 Å². The average molecular weight is 268 g/mol. The summed E-state index contributed by atoms with van der Waals surface area (Å²) >= 11 is 0. The van der Waals surface area contributed by atoms with Gasteiger partial charge < -0.3 is 4.52 Å². The zero-order chi connectivity index (χ0) is 13.9. The van der Waals surface area contributed by atoms with Crippen LogP contribution in [0.5, 0.6) is 0 Å². The lowest BCUT2D eigenvalue weighted by Crippen LogP contribution is -2.22. The summed E-state index contributed by atoms with van der Waals surface area (Å²) in [5.74, 6) is 0.850. The maximum absolute atomic E-state index is 11.7. The van der Waals surface area contributed by atoms with E-state index in [1.807, 2.05) is 37.3 Å². The molecule has 3 aromatic rings. The standard InChI is InChI=1S/C14H12N4O2/c1-10-7-13(19)18(15-8-10)9-12-16-14(17-20-12)11-5-3-2-4-6-11/h2-8H,9H2,1H3. The largest absolute Gasteiger partial charge is 0.337 e. The Balaban J connectivity index is 1.86. The topological polar surface area (TPSA) is 73.8 Å². The first-order valence-corrected chi connectivity index (χ1v) is 6.14. The Bertz CT molecular complexity index is 777. The molecular weight excluding hydrogens is 256 g/mol. The Labute approximate surface area is 114 Å². The second-order valence-corrected chi connectivity index (χ2v) is 4.41. The van der Waals surface area contributed by atoms with Gasteiger partial charge in [0.15, 0.2) is 0 Å². The number of aromatic nitrogens is 4. The van der Waals surface area contributed by atoms with E-state index >= 15 is 0 Å². The van der Waals surface area contributed by atoms with Crippen LogP contribution in [-0.4, -0.2) is 19.9 Å². The van der Waals surface area contributed by atoms with Crippen molar-refractivity contribution < 1.29 is 4.52 Å². The first-order chi connectivity index (χ1) is 9.72. The predicted octanol–water partition coefficient (Wildman–Crippen LogP) is 1.65. The summed E-state index contributed by atoms with van der Waals surface area (Å²) in [5, 5.41) is 7.93. The van der Waals surface area contributed by atoms with Crippen LogP contribution in [0.25, 0.3) is 11.4 Å². The second kappa shape index (κ2) is 5.08. The number of aryl methyl sites for hydroxylation is 1. The summed E-state index contributed by atoms with van der Waals surface area (Å²) in [4.78, 5) is 16.0. The van der Waals surface area contributed by atoms with E-state index in [4.69, 9.17) is 4.52 Å². The second-order valence-electron chi connectivity index (χ2n) is 4.41. The molecule has 0 radical (unpaired) electrons. The van der Waals surface area contributed by atoms with Crippen LogP contribution in [0.15, 0.2) is 51.9 Å². The SMILES string of the molecule is Cc1cnn(Cc2nc(-c3ccccc3)no2)c(=O)c1. The Kier molecular flexibility index (Phi) is 3.12. The molecule has 2 aromatic heterocycles. The highest BCUT2D eigenvalue weighted by Gasteiger charge is 2.09. The van der Waals surface area contributed by atoms with Gasteiger partial charge in [-0.3, -0.25) is 4.79 Å². The molecular formula is C14H12N4O2. The molecule has 0 aliphatic heterocycles. The van der Waals surface area contributed by atoms with Gasteiger partial charge in [0.2, 0.25) is 11.7 Å². The fourth-order valence-electron chi connectivity index (χ4n) is 1.79. The molecule has 0 amide bonds. The fraction of sp³-hybridized carbons (Fsp3) is 0.143. The van der Waals surface area contributed by atoms with Crippen molar-refractivity contribution in [3.63, 3.8) is 0 Å². The van der Waals surface area contributed by atoms with E-state index in [9.17, 15) is 4.79 Å². The third kappa shape index (κ3) is 2.49. The van der Waals surface area contributed by atoms with Gasteiger partial charge in [-0.1, -0.05) is 35.5 Å². The van der Waals surface area contributed by atoms with E-state index in [1.54, 1.807) is 6.20 Å². The molecule has 0 fully saturated rings. The molecule has 0 aliphatic carbocycles. The molecule has 1 aromatic carbocycles. The third-order valence-corrected chi connectivity index (χ3v) is 2.79. The molecule has 20 heavy (non-hydrogen) atoms. The van der Waals surface area contributed by atoms with Crippen LogP contribution in [0.4, 0.5) is 0 Å². The van der Waals surface area contributed by atoms with Crippen molar-refractivity contribution >= 4 is 0 Å². The van der Waals surface area contributed by atoms with Crippen LogP contribution < -0.4 is 5.56 Å². The minimum atomic E-state index is -0.190. The summed E-state index contributed by atoms with van der Waals surface area (Å²) in [6.45, 7) is 1.98. The normalized spacial score (nSPS) is 10.7. The summed E-state index contributed by atoms with van der Waals surface area (Å²) in [6.07, 6.45) is 1.62. The number of hydrogen-bond acceptors (Lipinski definition) is 5. The van der Waals surface area contributed by atoms with Crippen molar-refractivity contribution in [3.8, 4) is 11.4 Å². The van der Waals surface area contributed by atoms with E-state index in [0.717, 1.165) is 11.1 Å². The molecule has 6 nitrogen and oxygen atoms in total. The van der Waals surface area contributed by atoms with Gasteiger partial charge in [-0.05, 0) is 12.5 Å². The van der Waals surface area contributed by atoms with Crippen molar-refractivity contribution in [1.29, 1.82) is 0 Å². The zero-order valence-electron chi connectivity index (χ0n) is 10.9. The molecule has 0 unspecified atom stereocenters. The monoisotopic (exact) mass is 268 g/mol. The lowest BCUT2D eigenvalue weighted by atomic mass is 10.2. The molecule has 0 saturated heterocycles. The summed E-state index contributed by atoms with van der Waals surface area (Å²) in [7, 11) is 0. The van der Waals surface area contributed by atoms with Gasteiger partial charge in [0, 0.05) is 11.6 Å². The van der Waals surface area contributed by atoms with Gasteiger partial charge in [-0.25, -0.2) is 4.68 Å². The Hall–Kier alpha value is -2.76. The highest BCUT2D eigenvalue weighted by molar-refractivity contribution is 5.53. The molecule has 0 spiro atoms. The highest BCUT2D eigenvalue weighted by atomic mass is 16.5. The number of benzene rings is 1. The van der Waals surface area contributed by atoms with Gasteiger partial charge in [0.05, 0.1) is 6.20 Å². The molecule has 0 aliphatic rings. The predicted molar refractivity (Wildman–Crippen MR) is 72.1 cm³/mol. The molecule has 0 bridgehead atoms. The van der Waals surface area contributed by atoms with Crippen molar-refractivity contribution in [2.45, 2.75) is 13.5 Å². The molecule has 0 N–H and O–H groups in total. The van der Waals surface area contributed by atoms with Gasteiger partial charge in [-0.15, -0.1) is 0 Å².